The van der Waals surface area contributed by atoms with E-state index in [1.165, 1.54) is 0 Å². The summed E-state index contributed by atoms with van der Waals surface area (Å²) in [4.78, 5) is 28.3. The lowest BCUT2D eigenvalue weighted by molar-refractivity contribution is -0.142. The van der Waals surface area contributed by atoms with E-state index < -0.39 is 0 Å². The molecule has 0 radical (unpaired) electrons. The van der Waals surface area contributed by atoms with Crippen molar-refractivity contribution in [1.82, 2.24) is 20.1 Å². The predicted octanol–water partition coefficient (Wildman–Crippen LogP) is 3.91. The minimum atomic E-state index is -0.332. The zero-order valence-electron chi connectivity index (χ0n) is 19.8. The van der Waals surface area contributed by atoms with Gasteiger partial charge in [0, 0.05) is 24.9 Å². The van der Waals surface area contributed by atoms with Gasteiger partial charge in [-0.05, 0) is 62.1 Å². The molecule has 1 N–H and O–H groups in total. The summed E-state index contributed by atoms with van der Waals surface area (Å²) in [7, 11) is 0. The maximum Gasteiger partial charge on any atom is 0.307 e. The van der Waals surface area contributed by atoms with Gasteiger partial charge in [-0.15, -0.1) is 0 Å². The van der Waals surface area contributed by atoms with E-state index in [4.69, 9.17) is 14.2 Å². The average Bonchev–Trinajstić information content (AvgIpc) is 3.39. The van der Waals surface area contributed by atoms with Gasteiger partial charge in [0.1, 0.15) is 12.4 Å². The third kappa shape index (κ3) is 6.66. The van der Waals surface area contributed by atoms with Gasteiger partial charge in [0.05, 0.1) is 30.6 Å². The molecule has 1 aliphatic rings. The molecular formula is C26H30N4O5. The van der Waals surface area contributed by atoms with Crippen LogP contribution in [0.25, 0.3) is 11.4 Å². The second kappa shape index (κ2) is 12.1. The molecule has 35 heavy (non-hydrogen) atoms. The summed E-state index contributed by atoms with van der Waals surface area (Å²) in [6, 6.07) is 12.9. The van der Waals surface area contributed by atoms with Crippen molar-refractivity contribution >= 4 is 11.9 Å². The van der Waals surface area contributed by atoms with Gasteiger partial charge in [-0.3, -0.25) is 14.6 Å². The van der Waals surface area contributed by atoms with Crippen LogP contribution in [0.4, 0.5) is 0 Å². The van der Waals surface area contributed by atoms with Gasteiger partial charge in [-0.25, -0.2) is 4.68 Å². The van der Waals surface area contributed by atoms with E-state index in [-0.39, 0.29) is 31.1 Å². The number of carbonyl (C=O) groups excluding carboxylic acids is 2. The molecule has 184 valence electrons. The Hall–Kier alpha value is -3.72. The van der Waals surface area contributed by atoms with E-state index in [0.29, 0.717) is 24.5 Å². The molecule has 1 unspecified atom stereocenters. The van der Waals surface area contributed by atoms with E-state index in [9.17, 15) is 9.59 Å². The van der Waals surface area contributed by atoms with Crippen molar-refractivity contribution in [3.05, 3.63) is 66.0 Å². The van der Waals surface area contributed by atoms with Crippen LogP contribution < -0.4 is 10.1 Å². The Morgan fingerprint density at radius 1 is 1.20 bits per heavy atom. The Bertz CT molecular complexity index is 1120. The number of nitrogens with zero attached hydrogens (tertiary/aromatic N) is 3. The molecule has 1 atom stereocenters. The molecule has 1 amide bonds. The van der Waals surface area contributed by atoms with Gasteiger partial charge in [0.2, 0.25) is 0 Å². The van der Waals surface area contributed by atoms with Crippen LogP contribution in [0.5, 0.6) is 5.75 Å². The number of benzene rings is 1. The lowest BCUT2D eigenvalue weighted by Crippen LogP contribution is -2.26. The molecule has 1 saturated heterocycles. The van der Waals surface area contributed by atoms with E-state index in [1.54, 1.807) is 37.5 Å². The highest BCUT2D eigenvalue weighted by atomic mass is 16.5. The Morgan fingerprint density at radius 3 is 2.89 bits per heavy atom. The van der Waals surface area contributed by atoms with Gasteiger partial charge in [-0.2, -0.15) is 5.10 Å². The normalized spacial score (nSPS) is 15.4. The minimum Gasteiger partial charge on any atom is -0.487 e. The summed E-state index contributed by atoms with van der Waals surface area (Å²) in [5.41, 5.74) is 3.05. The van der Waals surface area contributed by atoms with Crippen LogP contribution in [0.1, 0.15) is 54.8 Å². The van der Waals surface area contributed by atoms with Crippen LogP contribution >= 0.6 is 0 Å². The third-order valence-electron chi connectivity index (χ3n) is 5.61. The maximum atomic E-state index is 12.4. The molecule has 1 fully saturated rings. The summed E-state index contributed by atoms with van der Waals surface area (Å²) in [5, 5.41) is 7.17. The number of esters is 1. The topological polar surface area (TPSA) is 105 Å². The molecule has 1 aromatic carbocycles. The molecule has 0 spiro atoms. The number of hydrogen-bond donors (Lipinski definition) is 1. The molecule has 0 aliphatic carbocycles. The van der Waals surface area contributed by atoms with Crippen molar-refractivity contribution in [3.63, 3.8) is 0 Å². The first kappa shape index (κ1) is 24.4. The van der Waals surface area contributed by atoms with Crippen LogP contribution in [0.3, 0.4) is 0 Å². The fourth-order valence-electron chi connectivity index (χ4n) is 3.86. The highest BCUT2D eigenvalue weighted by Crippen LogP contribution is 2.28. The number of aromatic nitrogens is 3. The molecule has 3 heterocycles. The molecule has 1 aliphatic heterocycles. The molecule has 4 rings (SSSR count). The van der Waals surface area contributed by atoms with Crippen molar-refractivity contribution < 1.29 is 23.8 Å². The fraction of sp³-hybridized carbons (Fsp3) is 0.385. The number of pyridine rings is 1. The quantitative estimate of drug-likeness (QED) is 0.441. The van der Waals surface area contributed by atoms with Crippen molar-refractivity contribution in [1.29, 1.82) is 0 Å². The zero-order chi connectivity index (χ0) is 24.5. The number of rotatable bonds is 10. The number of amides is 1. The number of hydrogen-bond acceptors (Lipinski definition) is 7. The maximum absolute atomic E-state index is 12.4. The first-order valence-corrected chi connectivity index (χ1v) is 11.9. The standard InChI is InChI=1S/C26H30N4O5/c1-2-33-25(31)12-13-27-26(32)20-7-5-6-19(16-20)18-35-21-9-10-22(28-17-21)23-11-14-29-30(23)24-8-3-4-15-34-24/h5-7,9-11,14,16-17,24H,2-4,8,12-13,15,18H2,1H3,(H,27,32). The Morgan fingerprint density at radius 2 is 2.11 bits per heavy atom. The number of carbonyl (C=O) groups is 2. The Balaban J connectivity index is 1.32. The predicted molar refractivity (Wildman–Crippen MR) is 129 cm³/mol. The zero-order valence-corrected chi connectivity index (χ0v) is 19.8. The fourth-order valence-corrected chi connectivity index (χ4v) is 3.86. The lowest BCUT2D eigenvalue weighted by Gasteiger charge is -2.24. The largest absolute Gasteiger partial charge is 0.487 e. The van der Waals surface area contributed by atoms with Crippen molar-refractivity contribution in [2.45, 2.75) is 45.4 Å². The minimum absolute atomic E-state index is 0.0545. The summed E-state index contributed by atoms with van der Waals surface area (Å²) in [6.45, 7) is 3.34. The molecule has 2 aromatic heterocycles. The second-order valence-corrected chi connectivity index (χ2v) is 8.16. The van der Waals surface area contributed by atoms with Crippen molar-refractivity contribution in [3.8, 4) is 17.1 Å². The second-order valence-electron chi connectivity index (χ2n) is 8.16. The third-order valence-corrected chi connectivity index (χ3v) is 5.61. The summed E-state index contributed by atoms with van der Waals surface area (Å²) >= 11 is 0. The van der Waals surface area contributed by atoms with Crippen LogP contribution in [0.2, 0.25) is 0 Å². The molecule has 9 nitrogen and oxygen atoms in total. The van der Waals surface area contributed by atoms with Gasteiger partial charge in [0.25, 0.3) is 5.91 Å². The van der Waals surface area contributed by atoms with E-state index in [0.717, 1.165) is 42.8 Å². The van der Waals surface area contributed by atoms with Gasteiger partial charge in [0.15, 0.2) is 6.23 Å². The SMILES string of the molecule is CCOC(=O)CCNC(=O)c1cccc(COc2ccc(-c3ccnn3C3CCCCO3)nc2)c1. The van der Waals surface area contributed by atoms with E-state index in [1.807, 2.05) is 28.9 Å². The highest BCUT2D eigenvalue weighted by molar-refractivity contribution is 5.94. The Kier molecular flexibility index (Phi) is 8.45. The smallest absolute Gasteiger partial charge is 0.307 e. The molecule has 0 saturated carbocycles. The molecule has 3 aromatic rings. The van der Waals surface area contributed by atoms with Crippen LogP contribution in [0.15, 0.2) is 54.9 Å². The monoisotopic (exact) mass is 478 g/mol. The average molecular weight is 479 g/mol. The summed E-state index contributed by atoms with van der Waals surface area (Å²) < 4.78 is 18.5. The summed E-state index contributed by atoms with van der Waals surface area (Å²) in [6.07, 6.45) is 6.68. The highest BCUT2D eigenvalue weighted by Gasteiger charge is 2.20. The van der Waals surface area contributed by atoms with Gasteiger partial charge >= 0.3 is 5.97 Å². The van der Waals surface area contributed by atoms with Crippen molar-refractivity contribution in [2.75, 3.05) is 19.8 Å². The van der Waals surface area contributed by atoms with Gasteiger partial charge in [-0.1, -0.05) is 12.1 Å². The van der Waals surface area contributed by atoms with Crippen LogP contribution in [-0.2, 0) is 20.9 Å². The number of nitrogens with one attached hydrogen (secondary N) is 1. The van der Waals surface area contributed by atoms with Gasteiger partial charge < -0.3 is 19.5 Å². The van der Waals surface area contributed by atoms with E-state index in [2.05, 4.69) is 15.4 Å². The summed E-state index contributed by atoms with van der Waals surface area (Å²) in [5.74, 6) is 0.0418. The Labute approximate surface area is 204 Å². The molecule has 0 bridgehead atoms. The molecular weight excluding hydrogens is 448 g/mol. The van der Waals surface area contributed by atoms with Crippen LogP contribution in [-0.4, -0.2) is 46.4 Å². The first-order chi connectivity index (χ1) is 17.1. The first-order valence-electron chi connectivity index (χ1n) is 11.9. The van der Waals surface area contributed by atoms with E-state index >= 15 is 0 Å². The number of ether oxygens (including phenoxy) is 3. The lowest BCUT2D eigenvalue weighted by atomic mass is 10.1. The molecule has 9 heteroatoms. The van der Waals surface area contributed by atoms with Crippen molar-refractivity contribution in [2.24, 2.45) is 0 Å². The van der Waals surface area contributed by atoms with Crippen LogP contribution in [0, 0.1) is 0 Å².